The van der Waals surface area contributed by atoms with Gasteiger partial charge >= 0.3 is 5.69 Å². The van der Waals surface area contributed by atoms with Gasteiger partial charge in [-0.1, -0.05) is 0 Å². The number of Topliss-reactive ketones (excluding diaryl/α,β-unsaturated/α-hetero) is 1. The Morgan fingerprint density at radius 3 is 2.57 bits per heavy atom. The van der Waals surface area contributed by atoms with E-state index in [4.69, 9.17) is 5.73 Å². The molecule has 0 saturated carbocycles. The molecule has 0 spiro atoms. The van der Waals surface area contributed by atoms with E-state index in [1.54, 1.807) is 0 Å². The average Bonchev–Trinajstić information content (AvgIpc) is 2.09. The lowest BCUT2D eigenvalue weighted by Crippen LogP contribution is -2.41. The maximum absolute atomic E-state index is 11.4. The highest BCUT2D eigenvalue weighted by Gasteiger charge is 2.08. The van der Waals surface area contributed by atoms with Gasteiger partial charge in [0.1, 0.15) is 11.5 Å². The molecule has 2 N–H and O–H groups in total. The minimum Gasteiger partial charge on any atom is -0.393 e. The van der Waals surface area contributed by atoms with Crippen LogP contribution in [0.1, 0.15) is 6.92 Å². The van der Waals surface area contributed by atoms with Gasteiger partial charge in [0.15, 0.2) is 0 Å². The highest BCUT2D eigenvalue weighted by molar-refractivity contribution is 5.75. The van der Waals surface area contributed by atoms with Gasteiger partial charge in [-0.05, 0) is 6.92 Å². The van der Waals surface area contributed by atoms with Crippen molar-refractivity contribution in [3.8, 4) is 0 Å². The summed E-state index contributed by atoms with van der Waals surface area (Å²) in [5.41, 5.74) is 4.15. The van der Waals surface area contributed by atoms with Crippen LogP contribution in [0, 0.1) is 0 Å². The highest BCUT2D eigenvalue weighted by Crippen LogP contribution is 1.87. The summed E-state index contributed by atoms with van der Waals surface area (Å²) in [6.07, 6.45) is 1.24. The third-order valence-electron chi connectivity index (χ3n) is 1.74. The summed E-state index contributed by atoms with van der Waals surface area (Å²) in [6, 6.07) is 0. The van der Waals surface area contributed by atoms with Crippen LogP contribution in [0.4, 0.5) is 5.69 Å². The van der Waals surface area contributed by atoms with Gasteiger partial charge in [0.05, 0.1) is 6.54 Å². The number of rotatable bonds is 2. The van der Waals surface area contributed by atoms with E-state index in [1.165, 1.54) is 24.7 Å². The lowest BCUT2D eigenvalue weighted by atomic mass is 10.4. The monoisotopic (exact) mass is 197 g/mol. The van der Waals surface area contributed by atoms with Gasteiger partial charge in [-0.25, -0.2) is 4.79 Å². The summed E-state index contributed by atoms with van der Waals surface area (Å²) in [6.45, 7) is 1.06. The molecule has 14 heavy (non-hydrogen) atoms. The minimum absolute atomic E-state index is 0.0478. The molecule has 1 aromatic heterocycles. The molecule has 0 amide bonds. The van der Waals surface area contributed by atoms with E-state index in [2.05, 4.69) is 0 Å². The van der Waals surface area contributed by atoms with Crippen molar-refractivity contribution in [1.82, 2.24) is 9.13 Å². The second-order valence-electron chi connectivity index (χ2n) is 3.07. The normalized spacial score (nSPS) is 10.1. The maximum atomic E-state index is 11.4. The molecule has 1 rings (SSSR count). The lowest BCUT2D eigenvalue weighted by Gasteiger charge is -2.05. The fourth-order valence-corrected chi connectivity index (χ4v) is 1.11. The minimum atomic E-state index is -0.622. The number of aryl methyl sites for hydroxylation is 1. The molecule has 0 bridgehead atoms. The smallest absolute Gasteiger partial charge is 0.331 e. The first-order valence-corrected chi connectivity index (χ1v) is 3.99. The van der Waals surface area contributed by atoms with E-state index >= 15 is 0 Å². The Kier molecular flexibility index (Phi) is 2.55. The summed E-state index contributed by atoms with van der Waals surface area (Å²) in [7, 11) is 1.47. The van der Waals surface area contributed by atoms with Gasteiger partial charge in [-0.3, -0.25) is 14.2 Å². The number of hydrogen-bond donors (Lipinski definition) is 1. The summed E-state index contributed by atoms with van der Waals surface area (Å²) < 4.78 is 1.98. The molecule has 0 unspecified atom stereocenters. The lowest BCUT2D eigenvalue weighted by molar-refractivity contribution is -0.117. The van der Waals surface area contributed by atoms with E-state index in [9.17, 15) is 14.4 Å². The van der Waals surface area contributed by atoms with E-state index in [0.717, 1.165) is 4.57 Å². The number of anilines is 1. The molecule has 0 atom stereocenters. The molecule has 6 heteroatoms. The van der Waals surface area contributed by atoms with E-state index in [-0.39, 0.29) is 18.0 Å². The fourth-order valence-electron chi connectivity index (χ4n) is 1.11. The quantitative estimate of drug-likeness (QED) is 0.639. The van der Waals surface area contributed by atoms with Crippen molar-refractivity contribution in [2.45, 2.75) is 13.5 Å². The Morgan fingerprint density at radius 2 is 2.07 bits per heavy atom. The van der Waals surface area contributed by atoms with Crippen LogP contribution in [0.3, 0.4) is 0 Å². The number of nitrogens with two attached hydrogens (primary N) is 1. The molecule has 0 aromatic carbocycles. The predicted octanol–water partition coefficient (Wildman–Crippen LogP) is -1.28. The first kappa shape index (κ1) is 10.2. The SMILES string of the molecule is CC(=O)Cn1c(=O)c(N)cn(C)c1=O. The zero-order chi connectivity index (χ0) is 10.9. The number of ketones is 1. The number of hydrogen-bond acceptors (Lipinski definition) is 4. The van der Waals surface area contributed by atoms with Crippen molar-refractivity contribution >= 4 is 11.5 Å². The molecule has 0 radical (unpaired) electrons. The van der Waals surface area contributed by atoms with Gasteiger partial charge in [-0.2, -0.15) is 0 Å². The summed E-state index contributed by atoms with van der Waals surface area (Å²) >= 11 is 0. The molecule has 1 aromatic rings. The third kappa shape index (κ3) is 1.73. The van der Waals surface area contributed by atoms with Crippen LogP contribution in [0.5, 0.6) is 0 Å². The Morgan fingerprint density at radius 1 is 1.50 bits per heavy atom. The summed E-state index contributed by atoms with van der Waals surface area (Å²) in [4.78, 5) is 33.5. The van der Waals surface area contributed by atoms with Gasteiger partial charge < -0.3 is 10.3 Å². The van der Waals surface area contributed by atoms with Crippen molar-refractivity contribution in [3.63, 3.8) is 0 Å². The Balaban J connectivity index is 3.48. The first-order chi connectivity index (χ1) is 6.43. The topological polar surface area (TPSA) is 87.1 Å². The molecule has 0 aliphatic heterocycles. The standard InChI is InChI=1S/C8H11N3O3/c1-5(12)3-11-7(13)6(9)4-10(2)8(11)14/h4H,3,9H2,1-2H3. The van der Waals surface area contributed by atoms with E-state index in [1.807, 2.05) is 0 Å². The van der Waals surface area contributed by atoms with E-state index in [0.29, 0.717) is 0 Å². The van der Waals surface area contributed by atoms with Crippen molar-refractivity contribution in [2.75, 3.05) is 5.73 Å². The Labute approximate surface area is 79.6 Å². The van der Waals surface area contributed by atoms with Crippen molar-refractivity contribution < 1.29 is 4.79 Å². The third-order valence-corrected chi connectivity index (χ3v) is 1.74. The first-order valence-electron chi connectivity index (χ1n) is 3.99. The Bertz CT molecular complexity index is 449. The number of nitrogen functional groups attached to an aromatic ring is 1. The van der Waals surface area contributed by atoms with Gasteiger partial charge in [0.2, 0.25) is 0 Å². The van der Waals surface area contributed by atoms with Crippen molar-refractivity contribution in [3.05, 3.63) is 27.0 Å². The van der Waals surface area contributed by atoms with Crippen LogP contribution >= 0.6 is 0 Å². The average molecular weight is 197 g/mol. The second kappa shape index (κ2) is 3.49. The molecule has 1 heterocycles. The zero-order valence-electron chi connectivity index (χ0n) is 7.98. The van der Waals surface area contributed by atoms with Crippen molar-refractivity contribution in [1.29, 1.82) is 0 Å². The number of carbonyl (C=O) groups is 1. The molecule has 6 nitrogen and oxygen atoms in total. The summed E-state index contributed by atoms with van der Waals surface area (Å²) in [5.74, 6) is -0.269. The van der Waals surface area contributed by atoms with Gasteiger partial charge in [-0.15, -0.1) is 0 Å². The zero-order valence-corrected chi connectivity index (χ0v) is 7.98. The van der Waals surface area contributed by atoms with Crippen LogP contribution in [0.25, 0.3) is 0 Å². The second-order valence-corrected chi connectivity index (χ2v) is 3.07. The fraction of sp³-hybridized carbons (Fsp3) is 0.375. The van der Waals surface area contributed by atoms with Crippen LogP contribution in [-0.4, -0.2) is 14.9 Å². The van der Waals surface area contributed by atoms with Crippen LogP contribution in [0.2, 0.25) is 0 Å². The van der Waals surface area contributed by atoms with Crippen LogP contribution in [0.15, 0.2) is 15.8 Å². The number of carbonyl (C=O) groups excluding carboxylic acids is 1. The van der Waals surface area contributed by atoms with E-state index < -0.39 is 11.2 Å². The number of aromatic nitrogens is 2. The molecular formula is C8H11N3O3. The Hall–Kier alpha value is -1.85. The molecular weight excluding hydrogens is 186 g/mol. The molecule has 0 saturated heterocycles. The number of nitrogens with zero attached hydrogens (tertiary/aromatic N) is 2. The molecule has 0 fully saturated rings. The van der Waals surface area contributed by atoms with Gasteiger partial charge in [0.25, 0.3) is 5.56 Å². The van der Waals surface area contributed by atoms with Crippen LogP contribution in [-0.2, 0) is 18.4 Å². The van der Waals surface area contributed by atoms with Crippen LogP contribution < -0.4 is 17.0 Å². The largest absolute Gasteiger partial charge is 0.393 e. The predicted molar refractivity (Wildman–Crippen MR) is 51.0 cm³/mol. The maximum Gasteiger partial charge on any atom is 0.331 e. The molecule has 76 valence electrons. The van der Waals surface area contributed by atoms with Crippen molar-refractivity contribution in [2.24, 2.45) is 7.05 Å². The highest BCUT2D eigenvalue weighted by atomic mass is 16.2. The van der Waals surface area contributed by atoms with Gasteiger partial charge in [0, 0.05) is 13.2 Å². The summed E-state index contributed by atoms with van der Waals surface area (Å²) in [5, 5.41) is 0. The molecule has 0 aliphatic rings. The molecule has 0 aliphatic carbocycles.